The second-order valence-electron chi connectivity index (χ2n) is 5.84. The summed E-state index contributed by atoms with van der Waals surface area (Å²) in [5.74, 6) is 0.529. The van der Waals surface area contributed by atoms with E-state index in [9.17, 15) is 4.79 Å². The lowest BCUT2D eigenvalue weighted by Crippen LogP contribution is -2.35. The summed E-state index contributed by atoms with van der Waals surface area (Å²) in [4.78, 5) is 13.2. The topological polar surface area (TPSA) is 49.8 Å². The molecule has 1 aromatic carbocycles. The quantitative estimate of drug-likeness (QED) is 0.868. The lowest BCUT2D eigenvalue weighted by molar-refractivity contribution is -0.139. The number of aliphatic carboxylic acids is 1. The van der Waals surface area contributed by atoms with E-state index < -0.39 is 5.97 Å². The van der Waals surface area contributed by atoms with E-state index >= 15 is 0 Å². The molecule has 0 saturated heterocycles. The van der Waals surface area contributed by atoms with Gasteiger partial charge in [0, 0.05) is 12.6 Å². The molecule has 1 unspecified atom stereocenters. The molecule has 1 aliphatic carbocycles. The Morgan fingerprint density at radius 3 is 2.85 bits per heavy atom. The smallest absolute Gasteiger partial charge is 0.317 e. The predicted octanol–water partition coefficient (Wildman–Crippen LogP) is 2.73. The van der Waals surface area contributed by atoms with Crippen molar-refractivity contribution < 1.29 is 14.6 Å². The Kier molecular flexibility index (Phi) is 4.65. The fraction of sp³-hybridized carbons (Fsp3) is 0.562. The number of rotatable bonds is 6. The maximum Gasteiger partial charge on any atom is 0.317 e. The third-order valence-corrected chi connectivity index (χ3v) is 3.78. The molecule has 0 amide bonds. The van der Waals surface area contributed by atoms with Crippen molar-refractivity contribution in [2.45, 2.75) is 32.7 Å². The molecule has 0 aromatic heterocycles. The summed E-state index contributed by atoms with van der Waals surface area (Å²) in [6, 6.07) is 6.33. The first-order valence-electron chi connectivity index (χ1n) is 7.14. The van der Waals surface area contributed by atoms with Crippen LogP contribution in [0.1, 0.15) is 37.4 Å². The third-order valence-electron chi connectivity index (χ3n) is 3.78. The summed E-state index contributed by atoms with van der Waals surface area (Å²) in [7, 11) is 1.66. The van der Waals surface area contributed by atoms with Gasteiger partial charge in [-0.1, -0.05) is 19.9 Å². The molecule has 0 aliphatic heterocycles. The van der Waals surface area contributed by atoms with Crippen LogP contribution < -0.4 is 4.74 Å². The zero-order valence-corrected chi connectivity index (χ0v) is 12.4. The number of fused-ring (bicyclic) bond motifs is 1. The van der Waals surface area contributed by atoms with Crippen LogP contribution in [0.3, 0.4) is 0 Å². The van der Waals surface area contributed by atoms with Gasteiger partial charge in [0.15, 0.2) is 0 Å². The van der Waals surface area contributed by atoms with Gasteiger partial charge in [0.05, 0.1) is 13.7 Å². The molecule has 1 aromatic rings. The Morgan fingerprint density at radius 2 is 2.25 bits per heavy atom. The number of benzene rings is 1. The third kappa shape index (κ3) is 3.31. The number of carboxylic acids is 1. The molecule has 0 spiro atoms. The Hall–Kier alpha value is -1.55. The Bertz CT molecular complexity index is 485. The number of carbonyl (C=O) groups is 1. The van der Waals surface area contributed by atoms with Crippen molar-refractivity contribution in [3.8, 4) is 5.75 Å². The molecule has 1 atom stereocenters. The molecule has 110 valence electrons. The van der Waals surface area contributed by atoms with E-state index in [0.717, 1.165) is 25.1 Å². The maximum absolute atomic E-state index is 11.1. The molecular formula is C16H23NO3. The van der Waals surface area contributed by atoms with E-state index in [1.165, 1.54) is 11.1 Å². The lowest BCUT2D eigenvalue weighted by atomic mass is 10.0. The second-order valence-corrected chi connectivity index (χ2v) is 5.84. The Balaban J connectivity index is 2.25. The van der Waals surface area contributed by atoms with Crippen molar-refractivity contribution in [2.75, 3.05) is 20.2 Å². The van der Waals surface area contributed by atoms with E-state index in [1.54, 1.807) is 7.11 Å². The number of ether oxygens (including phenoxy) is 1. The molecule has 0 heterocycles. The highest BCUT2D eigenvalue weighted by Crippen LogP contribution is 2.37. The number of hydrogen-bond acceptors (Lipinski definition) is 3. The molecule has 1 N–H and O–H groups in total. The van der Waals surface area contributed by atoms with Gasteiger partial charge in [-0.15, -0.1) is 0 Å². The normalized spacial score (nSPS) is 17.6. The van der Waals surface area contributed by atoms with Crippen LogP contribution in [0.2, 0.25) is 0 Å². The van der Waals surface area contributed by atoms with Gasteiger partial charge in [0.25, 0.3) is 0 Å². The molecule has 0 saturated carbocycles. The average Bonchev–Trinajstić information content (AvgIpc) is 2.79. The van der Waals surface area contributed by atoms with Crippen molar-refractivity contribution in [3.05, 3.63) is 29.3 Å². The highest BCUT2D eigenvalue weighted by atomic mass is 16.5. The van der Waals surface area contributed by atoms with Gasteiger partial charge in [-0.25, -0.2) is 0 Å². The van der Waals surface area contributed by atoms with Gasteiger partial charge >= 0.3 is 5.97 Å². The van der Waals surface area contributed by atoms with Crippen molar-refractivity contribution >= 4 is 5.97 Å². The van der Waals surface area contributed by atoms with Gasteiger partial charge in [-0.2, -0.15) is 0 Å². The lowest BCUT2D eigenvalue weighted by Gasteiger charge is -2.29. The second kappa shape index (κ2) is 6.27. The van der Waals surface area contributed by atoms with Crippen LogP contribution in [-0.4, -0.2) is 36.2 Å². The molecule has 4 nitrogen and oxygen atoms in total. The van der Waals surface area contributed by atoms with Gasteiger partial charge in [-0.3, -0.25) is 9.69 Å². The Labute approximate surface area is 120 Å². The van der Waals surface area contributed by atoms with E-state index in [1.807, 2.05) is 6.07 Å². The summed E-state index contributed by atoms with van der Waals surface area (Å²) < 4.78 is 5.29. The minimum atomic E-state index is -0.762. The van der Waals surface area contributed by atoms with Gasteiger partial charge in [-0.05, 0) is 42.0 Å². The average molecular weight is 277 g/mol. The largest absolute Gasteiger partial charge is 0.497 e. The molecule has 0 bridgehead atoms. The number of aryl methyl sites for hydroxylation is 1. The minimum absolute atomic E-state index is 0.0967. The first-order valence-corrected chi connectivity index (χ1v) is 7.14. The zero-order chi connectivity index (χ0) is 14.7. The summed E-state index contributed by atoms with van der Waals surface area (Å²) in [6.07, 6.45) is 2.00. The fourth-order valence-corrected chi connectivity index (χ4v) is 3.01. The molecule has 0 radical (unpaired) electrons. The van der Waals surface area contributed by atoms with Crippen LogP contribution in [0, 0.1) is 5.92 Å². The first-order chi connectivity index (χ1) is 9.51. The molecule has 0 fully saturated rings. The zero-order valence-electron chi connectivity index (χ0n) is 12.4. The number of methoxy groups -OCH3 is 1. The maximum atomic E-state index is 11.1. The van der Waals surface area contributed by atoms with Crippen molar-refractivity contribution in [2.24, 2.45) is 5.92 Å². The summed E-state index contributed by atoms with van der Waals surface area (Å²) in [5.41, 5.74) is 2.54. The van der Waals surface area contributed by atoms with Gasteiger partial charge in [0.2, 0.25) is 0 Å². The van der Waals surface area contributed by atoms with E-state index in [-0.39, 0.29) is 12.6 Å². The van der Waals surface area contributed by atoms with Crippen molar-refractivity contribution in [1.82, 2.24) is 4.90 Å². The number of nitrogens with zero attached hydrogens (tertiary/aromatic N) is 1. The monoisotopic (exact) mass is 277 g/mol. The molecule has 1 aliphatic rings. The molecule has 4 heteroatoms. The van der Waals surface area contributed by atoms with E-state index in [4.69, 9.17) is 9.84 Å². The van der Waals surface area contributed by atoms with Crippen LogP contribution in [-0.2, 0) is 11.2 Å². The summed E-state index contributed by atoms with van der Waals surface area (Å²) >= 11 is 0. The van der Waals surface area contributed by atoms with Crippen LogP contribution >= 0.6 is 0 Å². The van der Waals surface area contributed by atoms with Crippen LogP contribution in [0.25, 0.3) is 0 Å². The molecule has 2 rings (SSSR count). The number of carboxylic acid groups (broad SMARTS) is 1. The standard InChI is InChI=1S/C16H23NO3/c1-11(2)9-17(10-16(18)19)15-7-5-12-4-6-13(20-3)8-14(12)15/h4,6,8,11,15H,5,7,9-10H2,1-3H3,(H,18,19). The Morgan fingerprint density at radius 1 is 1.50 bits per heavy atom. The van der Waals surface area contributed by atoms with Crippen LogP contribution in [0.4, 0.5) is 0 Å². The SMILES string of the molecule is COc1ccc2c(c1)C(N(CC(=O)O)CC(C)C)CC2. The van der Waals surface area contributed by atoms with Gasteiger partial charge in [0.1, 0.15) is 5.75 Å². The molecular weight excluding hydrogens is 254 g/mol. The van der Waals surface area contributed by atoms with Crippen molar-refractivity contribution in [1.29, 1.82) is 0 Å². The van der Waals surface area contributed by atoms with Crippen LogP contribution in [0.5, 0.6) is 5.75 Å². The predicted molar refractivity (Wildman–Crippen MR) is 78.1 cm³/mol. The van der Waals surface area contributed by atoms with E-state index in [2.05, 4.69) is 30.9 Å². The van der Waals surface area contributed by atoms with Crippen molar-refractivity contribution in [3.63, 3.8) is 0 Å². The molecule has 20 heavy (non-hydrogen) atoms. The highest BCUT2D eigenvalue weighted by molar-refractivity contribution is 5.69. The number of hydrogen-bond donors (Lipinski definition) is 1. The van der Waals surface area contributed by atoms with E-state index in [0.29, 0.717) is 5.92 Å². The minimum Gasteiger partial charge on any atom is -0.497 e. The summed E-state index contributed by atoms with van der Waals surface area (Å²) in [6.45, 7) is 5.14. The first kappa shape index (κ1) is 14.9. The van der Waals surface area contributed by atoms with Crippen LogP contribution in [0.15, 0.2) is 18.2 Å². The van der Waals surface area contributed by atoms with Gasteiger partial charge < -0.3 is 9.84 Å². The highest BCUT2D eigenvalue weighted by Gasteiger charge is 2.29. The fourth-order valence-electron chi connectivity index (χ4n) is 3.01. The summed E-state index contributed by atoms with van der Waals surface area (Å²) in [5, 5.41) is 9.14.